The Morgan fingerprint density at radius 2 is 2.50 bits per heavy atom. The van der Waals surface area contributed by atoms with Crippen LogP contribution in [0, 0.1) is 6.92 Å². The summed E-state index contributed by atoms with van der Waals surface area (Å²) in [5, 5.41) is 14.1. The van der Waals surface area contributed by atoms with Gasteiger partial charge in [0.25, 0.3) is 0 Å². The highest BCUT2D eigenvalue weighted by Gasteiger charge is 2.30. The van der Waals surface area contributed by atoms with Gasteiger partial charge in [0.15, 0.2) is 0 Å². The van der Waals surface area contributed by atoms with E-state index in [1.807, 2.05) is 0 Å². The molecular weight excluding hydrogens is 218 g/mol. The standard InChI is InChI=1S/C9H11NO2S2/c1-5-2-6(3-13-5)8-10-7(4-14-8)9(11)12/h2-3,7-8,10H,4H2,1H3,(H,11,12)/t7-,8?/m1/s1. The molecule has 1 aliphatic heterocycles. The number of aryl methyl sites for hydroxylation is 1. The molecule has 14 heavy (non-hydrogen) atoms. The van der Waals surface area contributed by atoms with Crippen molar-refractivity contribution in [2.45, 2.75) is 18.3 Å². The Kier molecular flexibility index (Phi) is 2.80. The normalized spacial score (nSPS) is 26.6. The second kappa shape index (κ2) is 3.92. The number of hydrogen-bond donors (Lipinski definition) is 2. The lowest BCUT2D eigenvalue weighted by Gasteiger charge is -2.08. The highest BCUT2D eigenvalue weighted by molar-refractivity contribution is 7.99. The van der Waals surface area contributed by atoms with E-state index in [1.165, 1.54) is 10.4 Å². The number of carboxylic acids is 1. The number of carboxylic acid groups (broad SMARTS) is 1. The smallest absolute Gasteiger partial charge is 0.321 e. The van der Waals surface area contributed by atoms with E-state index in [1.54, 1.807) is 23.1 Å². The van der Waals surface area contributed by atoms with Gasteiger partial charge in [0.1, 0.15) is 6.04 Å². The van der Waals surface area contributed by atoms with E-state index in [0.29, 0.717) is 5.75 Å². The Hall–Kier alpha value is -0.520. The van der Waals surface area contributed by atoms with Crippen LogP contribution in [0.25, 0.3) is 0 Å². The molecule has 0 spiro atoms. The summed E-state index contributed by atoms with van der Waals surface area (Å²) in [5.74, 6) is -0.110. The molecule has 1 aliphatic rings. The van der Waals surface area contributed by atoms with Gasteiger partial charge >= 0.3 is 5.97 Å². The molecule has 2 rings (SSSR count). The van der Waals surface area contributed by atoms with Gasteiger partial charge in [-0.15, -0.1) is 23.1 Å². The van der Waals surface area contributed by atoms with Crippen molar-refractivity contribution < 1.29 is 9.90 Å². The number of nitrogens with one attached hydrogen (secondary N) is 1. The highest BCUT2D eigenvalue weighted by atomic mass is 32.2. The lowest BCUT2D eigenvalue weighted by Crippen LogP contribution is -2.33. The lowest BCUT2D eigenvalue weighted by atomic mass is 10.3. The van der Waals surface area contributed by atoms with Crippen molar-refractivity contribution in [2.75, 3.05) is 5.75 Å². The Bertz CT molecular complexity index is 350. The van der Waals surface area contributed by atoms with Gasteiger partial charge in [0, 0.05) is 10.6 Å². The van der Waals surface area contributed by atoms with Gasteiger partial charge in [-0.1, -0.05) is 0 Å². The van der Waals surface area contributed by atoms with Crippen LogP contribution in [-0.4, -0.2) is 22.9 Å². The summed E-state index contributed by atoms with van der Waals surface area (Å²) >= 11 is 3.36. The zero-order valence-corrected chi connectivity index (χ0v) is 9.32. The summed E-state index contributed by atoms with van der Waals surface area (Å²) in [4.78, 5) is 12.0. The first-order valence-corrected chi connectivity index (χ1v) is 6.25. The lowest BCUT2D eigenvalue weighted by molar-refractivity contribution is -0.138. The molecule has 1 saturated heterocycles. The third-order valence-corrected chi connectivity index (χ3v) is 4.28. The van der Waals surface area contributed by atoms with Gasteiger partial charge in [0.05, 0.1) is 5.37 Å². The van der Waals surface area contributed by atoms with Crippen molar-refractivity contribution in [1.29, 1.82) is 0 Å². The minimum atomic E-state index is -0.757. The first kappa shape index (κ1) is 10.0. The molecule has 0 aromatic carbocycles. The molecule has 0 aliphatic carbocycles. The minimum Gasteiger partial charge on any atom is -0.480 e. The van der Waals surface area contributed by atoms with E-state index in [2.05, 4.69) is 23.7 Å². The molecule has 1 aromatic heterocycles. The third kappa shape index (κ3) is 1.94. The molecule has 76 valence electrons. The number of carbonyl (C=O) groups is 1. The maximum atomic E-state index is 10.7. The van der Waals surface area contributed by atoms with Crippen LogP contribution in [0.15, 0.2) is 11.4 Å². The Balaban J connectivity index is 2.05. The highest BCUT2D eigenvalue weighted by Crippen LogP contribution is 2.34. The third-order valence-electron chi connectivity index (χ3n) is 2.13. The average molecular weight is 229 g/mol. The fourth-order valence-corrected chi connectivity index (χ4v) is 3.44. The predicted octanol–water partition coefficient (Wildman–Crippen LogP) is 1.84. The fourth-order valence-electron chi connectivity index (χ4n) is 1.41. The Morgan fingerprint density at radius 1 is 1.71 bits per heavy atom. The van der Waals surface area contributed by atoms with Crippen molar-refractivity contribution in [3.8, 4) is 0 Å². The van der Waals surface area contributed by atoms with Gasteiger partial charge < -0.3 is 5.11 Å². The van der Waals surface area contributed by atoms with Crippen molar-refractivity contribution in [3.05, 3.63) is 21.9 Å². The molecule has 0 radical (unpaired) electrons. The maximum Gasteiger partial charge on any atom is 0.321 e. The van der Waals surface area contributed by atoms with Crippen LogP contribution in [0.4, 0.5) is 0 Å². The van der Waals surface area contributed by atoms with Gasteiger partial charge in [-0.25, -0.2) is 0 Å². The van der Waals surface area contributed by atoms with E-state index in [0.717, 1.165) is 0 Å². The van der Waals surface area contributed by atoms with Crippen LogP contribution in [0.5, 0.6) is 0 Å². The molecule has 0 bridgehead atoms. The molecule has 1 fully saturated rings. The summed E-state index contributed by atoms with van der Waals surface area (Å²) in [6.07, 6.45) is 0. The second-order valence-electron chi connectivity index (χ2n) is 3.26. The summed E-state index contributed by atoms with van der Waals surface area (Å²) in [7, 11) is 0. The summed E-state index contributed by atoms with van der Waals surface area (Å²) in [6, 6.07) is 1.71. The summed E-state index contributed by atoms with van der Waals surface area (Å²) in [6.45, 7) is 2.06. The van der Waals surface area contributed by atoms with Crippen molar-refractivity contribution in [1.82, 2.24) is 5.32 Å². The minimum absolute atomic E-state index is 0.154. The monoisotopic (exact) mass is 229 g/mol. The van der Waals surface area contributed by atoms with E-state index in [-0.39, 0.29) is 5.37 Å². The van der Waals surface area contributed by atoms with Crippen LogP contribution in [-0.2, 0) is 4.79 Å². The van der Waals surface area contributed by atoms with E-state index < -0.39 is 12.0 Å². The van der Waals surface area contributed by atoms with Gasteiger partial charge in [-0.2, -0.15) is 0 Å². The summed E-state index contributed by atoms with van der Waals surface area (Å²) < 4.78 is 0. The molecule has 2 heterocycles. The molecule has 1 aromatic rings. The molecule has 2 N–H and O–H groups in total. The van der Waals surface area contributed by atoms with E-state index in [9.17, 15) is 4.79 Å². The van der Waals surface area contributed by atoms with Gasteiger partial charge in [0.2, 0.25) is 0 Å². The Labute approximate surface area is 90.5 Å². The van der Waals surface area contributed by atoms with Crippen LogP contribution < -0.4 is 5.32 Å². The second-order valence-corrected chi connectivity index (χ2v) is 5.51. The number of rotatable bonds is 2. The number of hydrogen-bond acceptors (Lipinski definition) is 4. The molecule has 1 unspecified atom stereocenters. The Morgan fingerprint density at radius 3 is 3.00 bits per heavy atom. The van der Waals surface area contributed by atoms with Crippen molar-refractivity contribution in [3.63, 3.8) is 0 Å². The fraction of sp³-hybridized carbons (Fsp3) is 0.444. The number of thioether (sulfide) groups is 1. The van der Waals surface area contributed by atoms with Gasteiger partial charge in [-0.3, -0.25) is 10.1 Å². The first-order valence-electron chi connectivity index (χ1n) is 4.32. The van der Waals surface area contributed by atoms with E-state index in [4.69, 9.17) is 5.11 Å². The zero-order chi connectivity index (χ0) is 10.1. The number of thiophene rings is 1. The van der Waals surface area contributed by atoms with Gasteiger partial charge in [-0.05, 0) is 23.9 Å². The molecule has 5 heteroatoms. The molecule has 2 atom stereocenters. The SMILES string of the molecule is Cc1cc(C2N[C@@H](C(=O)O)CS2)cs1. The van der Waals surface area contributed by atoms with Crippen LogP contribution in [0.2, 0.25) is 0 Å². The molecular formula is C9H11NO2S2. The largest absolute Gasteiger partial charge is 0.480 e. The van der Waals surface area contributed by atoms with E-state index >= 15 is 0 Å². The maximum absolute atomic E-state index is 10.7. The van der Waals surface area contributed by atoms with Crippen LogP contribution in [0.3, 0.4) is 0 Å². The van der Waals surface area contributed by atoms with Crippen molar-refractivity contribution >= 4 is 29.1 Å². The summed E-state index contributed by atoms with van der Waals surface area (Å²) in [5.41, 5.74) is 1.20. The molecule has 3 nitrogen and oxygen atoms in total. The average Bonchev–Trinajstić information content (AvgIpc) is 2.70. The first-order chi connectivity index (χ1) is 6.66. The molecule has 0 saturated carbocycles. The zero-order valence-electron chi connectivity index (χ0n) is 7.69. The number of aliphatic carboxylic acids is 1. The van der Waals surface area contributed by atoms with Crippen LogP contribution in [0.1, 0.15) is 15.8 Å². The quantitative estimate of drug-likeness (QED) is 0.812. The topological polar surface area (TPSA) is 49.3 Å². The predicted molar refractivity (Wildman–Crippen MR) is 58.8 cm³/mol. The van der Waals surface area contributed by atoms with Crippen LogP contribution >= 0.6 is 23.1 Å². The molecule has 0 amide bonds. The van der Waals surface area contributed by atoms with Crippen molar-refractivity contribution in [2.24, 2.45) is 0 Å².